The van der Waals surface area contributed by atoms with Crippen molar-refractivity contribution in [3.8, 4) is 0 Å². The van der Waals surface area contributed by atoms with Crippen LogP contribution >= 0.6 is 23.1 Å². The highest BCUT2D eigenvalue weighted by Gasteiger charge is 2.17. The van der Waals surface area contributed by atoms with E-state index in [1.165, 1.54) is 23.1 Å². The fourth-order valence-electron chi connectivity index (χ4n) is 3.54. The summed E-state index contributed by atoms with van der Waals surface area (Å²) in [6.07, 6.45) is 1.64. The molecule has 3 N–H and O–H groups in total. The molecule has 0 saturated carbocycles. The van der Waals surface area contributed by atoms with E-state index >= 15 is 0 Å². The largest absolute Gasteiger partial charge is 0.325 e. The van der Waals surface area contributed by atoms with Crippen molar-refractivity contribution in [1.29, 1.82) is 0 Å². The van der Waals surface area contributed by atoms with Crippen LogP contribution in [-0.2, 0) is 9.59 Å². The van der Waals surface area contributed by atoms with E-state index in [0.717, 1.165) is 21.7 Å². The van der Waals surface area contributed by atoms with Crippen molar-refractivity contribution in [2.24, 2.45) is 0 Å². The van der Waals surface area contributed by atoms with Crippen LogP contribution < -0.4 is 16.0 Å². The van der Waals surface area contributed by atoms with Crippen LogP contribution in [0.5, 0.6) is 0 Å². The molecule has 8 heteroatoms. The third-order valence-electron chi connectivity index (χ3n) is 5.44. The molecular formula is C30H27N3O3S2. The van der Waals surface area contributed by atoms with Gasteiger partial charge < -0.3 is 16.0 Å². The van der Waals surface area contributed by atoms with Crippen LogP contribution in [0.2, 0.25) is 0 Å². The van der Waals surface area contributed by atoms with Crippen molar-refractivity contribution in [3.05, 3.63) is 118 Å². The predicted octanol–water partition coefficient (Wildman–Crippen LogP) is 6.59. The Kier molecular flexibility index (Phi) is 9.13. The van der Waals surface area contributed by atoms with E-state index in [1.807, 2.05) is 73.1 Å². The smallest absolute Gasteiger partial charge is 0.272 e. The molecule has 38 heavy (non-hydrogen) atoms. The van der Waals surface area contributed by atoms with E-state index in [9.17, 15) is 14.4 Å². The normalized spacial score (nSPS) is 11.9. The number of carbonyl (C=O) groups excluding carboxylic acids is 3. The van der Waals surface area contributed by atoms with E-state index < -0.39 is 5.91 Å². The van der Waals surface area contributed by atoms with Crippen LogP contribution in [0.3, 0.4) is 0 Å². The molecule has 0 radical (unpaired) electrons. The lowest BCUT2D eigenvalue weighted by atomic mass is 10.2. The first-order valence-electron chi connectivity index (χ1n) is 11.9. The number of hydrogen-bond donors (Lipinski definition) is 3. The fourth-order valence-corrected chi connectivity index (χ4v) is 5.08. The lowest BCUT2D eigenvalue weighted by Gasteiger charge is -2.14. The molecule has 0 fully saturated rings. The van der Waals surface area contributed by atoms with Gasteiger partial charge in [0.05, 0.1) is 5.25 Å². The van der Waals surface area contributed by atoms with Gasteiger partial charge in [-0.25, -0.2) is 0 Å². The topological polar surface area (TPSA) is 87.3 Å². The molecule has 0 saturated heterocycles. The van der Waals surface area contributed by atoms with Crippen molar-refractivity contribution in [2.75, 3.05) is 10.6 Å². The Bertz CT molecular complexity index is 1450. The Hall–Kier alpha value is -4.14. The maximum absolute atomic E-state index is 13.2. The molecule has 0 bridgehead atoms. The van der Waals surface area contributed by atoms with Gasteiger partial charge in [-0.2, -0.15) is 11.3 Å². The molecular weight excluding hydrogens is 514 g/mol. The second kappa shape index (κ2) is 12.9. The molecule has 0 spiro atoms. The van der Waals surface area contributed by atoms with Crippen molar-refractivity contribution in [3.63, 3.8) is 0 Å². The molecule has 6 nitrogen and oxygen atoms in total. The summed E-state index contributed by atoms with van der Waals surface area (Å²) >= 11 is 2.89. The summed E-state index contributed by atoms with van der Waals surface area (Å²) in [5.74, 6) is -0.938. The summed E-state index contributed by atoms with van der Waals surface area (Å²) in [5.41, 5.74) is 3.77. The standard InChI is InChI=1S/C30H27N3O3S2/c1-20-8-6-11-24(16-20)31-28(34)21(2)38-26-13-7-12-25(18-26)32-30(36)27(17-22-14-15-37-19-22)33-29(35)23-9-4-3-5-10-23/h3-19,21H,1-2H3,(H,31,34)(H,32,36)(H,33,35)/b27-17-. The molecule has 0 aliphatic heterocycles. The van der Waals surface area contributed by atoms with Gasteiger partial charge in [0.2, 0.25) is 5.91 Å². The summed E-state index contributed by atoms with van der Waals surface area (Å²) in [5, 5.41) is 12.0. The Morgan fingerprint density at radius 3 is 2.32 bits per heavy atom. The second-order valence-electron chi connectivity index (χ2n) is 8.54. The van der Waals surface area contributed by atoms with Gasteiger partial charge in [0.15, 0.2) is 0 Å². The minimum absolute atomic E-state index is 0.111. The van der Waals surface area contributed by atoms with Crippen LogP contribution in [0.1, 0.15) is 28.4 Å². The Morgan fingerprint density at radius 1 is 0.868 bits per heavy atom. The van der Waals surface area contributed by atoms with Crippen molar-refractivity contribution in [1.82, 2.24) is 5.32 Å². The minimum Gasteiger partial charge on any atom is -0.325 e. The number of thiophene rings is 1. The number of aryl methyl sites for hydroxylation is 1. The SMILES string of the molecule is Cc1cccc(NC(=O)C(C)Sc2cccc(NC(=O)/C(=C/c3ccsc3)NC(=O)c3ccccc3)c2)c1. The molecule has 4 rings (SSSR count). The third kappa shape index (κ3) is 7.68. The summed E-state index contributed by atoms with van der Waals surface area (Å²) in [7, 11) is 0. The third-order valence-corrected chi connectivity index (χ3v) is 7.24. The number of rotatable bonds is 9. The van der Waals surface area contributed by atoms with Gasteiger partial charge in [-0.1, -0.05) is 36.4 Å². The highest BCUT2D eigenvalue weighted by molar-refractivity contribution is 8.00. The Morgan fingerprint density at radius 2 is 1.61 bits per heavy atom. The van der Waals surface area contributed by atoms with Crippen LogP contribution in [0, 0.1) is 6.92 Å². The van der Waals surface area contributed by atoms with E-state index in [-0.39, 0.29) is 22.8 Å². The minimum atomic E-state index is -0.451. The average molecular weight is 542 g/mol. The highest BCUT2D eigenvalue weighted by Crippen LogP contribution is 2.27. The van der Waals surface area contributed by atoms with Gasteiger partial charge in [-0.05, 0) is 90.3 Å². The second-order valence-corrected chi connectivity index (χ2v) is 10.7. The predicted molar refractivity (Wildman–Crippen MR) is 156 cm³/mol. The summed E-state index contributed by atoms with van der Waals surface area (Å²) in [4.78, 5) is 39.5. The van der Waals surface area contributed by atoms with Gasteiger partial charge >= 0.3 is 0 Å². The number of thioether (sulfide) groups is 1. The molecule has 3 amide bonds. The first-order chi connectivity index (χ1) is 18.4. The number of carbonyl (C=O) groups is 3. The van der Waals surface area contributed by atoms with Crippen LogP contribution in [0.4, 0.5) is 11.4 Å². The maximum Gasteiger partial charge on any atom is 0.272 e. The molecule has 1 atom stereocenters. The highest BCUT2D eigenvalue weighted by atomic mass is 32.2. The van der Waals surface area contributed by atoms with E-state index in [0.29, 0.717) is 11.3 Å². The Labute approximate surface area is 230 Å². The molecule has 1 unspecified atom stereocenters. The lowest BCUT2D eigenvalue weighted by Crippen LogP contribution is -2.30. The summed E-state index contributed by atoms with van der Waals surface area (Å²) < 4.78 is 0. The van der Waals surface area contributed by atoms with E-state index in [2.05, 4.69) is 16.0 Å². The van der Waals surface area contributed by atoms with Crippen molar-refractivity contribution < 1.29 is 14.4 Å². The molecule has 1 aromatic heterocycles. The zero-order valence-corrected chi connectivity index (χ0v) is 22.6. The van der Waals surface area contributed by atoms with Crippen LogP contribution in [0.25, 0.3) is 6.08 Å². The number of nitrogens with one attached hydrogen (secondary N) is 3. The van der Waals surface area contributed by atoms with E-state index in [1.54, 1.807) is 42.5 Å². The van der Waals surface area contributed by atoms with E-state index in [4.69, 9.17) is 0 Å². The van der Waals surface area contributed by atoms with Gasteiger partial charge in [0.25, 0.3) is 11.8 Å². The lowest BCUT2D eigenvalue weighted by molar-refractivity contribution is -0.115. The quantitative estimate of drug-likeness (QED) is 0.165. The first-order valence-corrected chi connectivity index (χ1v) is 13.8. The van der Waals surface area contributed by atoms with Gasteiger partial charge in [-0.15, -0.1) is 11.8 Å². The molecule has 1 heterocycles. The number of amides is 3. The van der Waals surface area contributed by atoms with Gasteiger partial charge in [0.1, 0.15) is 5.70 Å². The molecule has 192 valence electrons. The molecule has 3 aromatic carbocycles. The molecule has 0 aliphatic rings. The maximum atomic E-state index is 13.2. The summed E-state index contributed by atoms with van der Waals surface area (Å²) in [6, 6.07) is 25.5. The monoisotopic (exact) mass is 541 g/mol. The zero-order valence-electron chi connectivity index (χ0n) is 20.9. The first kappa shape index (κ1) is 26.9. The molecule has 0 aliphatic carbocycles. The van der Waals surface area contributed by atoms with Crippen molar-refractivity contribution >= 4 is 58.3 Å². The van der Waals surface area contributed by atoms with Crippen LogP contribution in [-0.4, -0.2) is 23.0 Å². The van der Waals surface area contributed by atoms with Gasteiger partial charge in [0, 0.05) is 21.8 Å². The van der Waals surface area contributed by atoms with Crippen molar-refractivity contribution in [2.45, 2.75) is 24.0 Å². The summed E-state index contributed by atoms with van der Waals surface area (Å²) in [6.45, 7) is 3.81. The zero-order chi connectivity index (χ0) is 26.9. The van der Waals surface area contributed by atoms with Crippen LogP contribution in [0.15, 0.2) is 106 Å². The number of anilines is 2. The molecule has 4 aromatic rings. The number of benzene rings is 3. The average Bonchev–Trinajstić information content (AvgIpc) is 3.42. The Balaban J connectivity index is 1.44. The fraction of sp³-hybridized carbons (Fsp3) is 0.100. The number of hydrogen-bond acceptors (Lipinski definition) is 5. The van der Waals surface area contributed by atoms with Gasteiger partial charge in [-0.3, -0.25) is 14.4 Å².